The highest BCUT2D eigenvalue weighted by Gasteiger charge is 2.14. The Morgan fingerprint density at radius 2 is 1.94 bits per heavy atom. The maximum Gasteiger partial charge on any atom is 0.161 e. The van der Waals surface area contributed by atoms with Crippen LogP contribution in [0.25, 0.3) is 0 Å². The monoisotopic (exact) mass is 290 g/mol. The zero-order valence-corrected chi connectivity index (χ0v) is 11.7. The van der Waals surface area contributed by atoms with Crippen molar-refractivity contribution in [3.8, 4) is 0 Å². The van der Waals surface area contributed by atoms with Crippen LogP contribution in [0.15, 0.2) is 6.07 Å². The van der Waals surface area contributed by atoms with Crippen LogP contribution in [0.1, 0.15) is 6.92 Å². The quantitative estimate of drug-likeness (QED) is 0.892. The largest absolute Gasteiger partial charge is 0.379 e. The summed E-state index contributed by atoms with van der Waals surface area (Å²) in [5, 5.41) is 6.15. The van der Waals surface area contributed by atoms with E-state index in [1.807, 2.05) is 11.9 Å². The number of hydrogen-bond acceptors (Lipinski definition) is 5. The maximum absolute atomic E-state index is 6.13. The number of hydrogen-bond donors (Lipinski definition) is 2. The van der Waals surface area contributed by atoms with Crippen molar-refractivity contribution >= 4 is 34.8 Å². The fourth-order valence-electron chi connectivity index (χ4n) is 1.66. The van der Waals surface area contributed by atoms with E-state index in [0.717, 1.165) is 19.6 Å². The zero-order valence-electron chi connectivity index (χ0n) is 10.2. The van der Waals surface area contributed by atoms with Crippen molar-refractivity contribution < 1.29 is 4.74 Å². The second-order valence-corrected chi connectivity index (χ2v) is 4.71. The third-order valence-electron chi connectivity index (χ3n) is 2.55. The first-order chi connectivity index (χ1) is 8.70. The molecule has 2 N–H and O–H groups in total. The van der Waals surface area contributed by atoms with Crippen LogP contribution in [0.5, 0.6) is 0 Å². The molecule has 0 aromatic carbocycles. The van der Waals surface area contributed by atoms with E-state index < -0.39 is 0 Å². The van der Waals surface area contributed by atoms with E-state index in [1.54, 1.807) is 6.07 Å². The topological polar surface area (TPSA) is 49.4 Å². The molecule has 1 aromatic heterocycles. The molecule has 5 nitrogen and oxygen atoms in total. The minimum absolute atomic E-state index is 0.508. The number of anilines is 2. The summed E-state index contributed by atoms with van der Waals surface area (Å²) in [5.74, 6) is 1.25. The van der Waals surface area contributed by atoms with Crippen molar-refractivity contribution in [1.29, 1.82) is 0 Å². The van der Waals surface area contributed by atoms with Crippen LogP contribution in [0.4, 0.5) is 11.6 Å². The fourth-order valence-corrected chi connectivity index (χ4v) is 2.13. The van der Waals surface area contributed by atoms with Crippen LogP contribution in [0, 0.1) is 0 Å². The van der Waals surface area contributed by atoms with Gasteiger partial charge in [-0.1, -0.05) is 23.2 Å². The Morgan fingerprint density at radius 3 is 2.61 bits per heavy atom. The van der Waals surface area contributed by atoms with E-state index in [1.165, 1.54) is 0 Å². The molecular weight excluding hydrogens is 275 g/mol. The number of halogens is 2. The van der Waals surface area contributed by atoms with Crippen LogP contribution >= 0.6 is 23.2 Å². The third-order valence-corrected chi connectivity index (χ3v) is 3.13. The minimum atomic E-state index is 0.508. The van der Waals surface area contributed by atoms with E-state index in [0.29, 0.717) is 34.9 Å². The number of aromatic nitrogens is 1. The SMILES string of the molecule is CCNc1nc(NN2CCOCC2)c(Cl)cc1Cl. The Balaban J connectivity index is 2.12. The van der Waals surface area contributed by atoms with E-state index in [4.69, 9.17) is 27.9 Å². The van der Waals surface area contributed by atoms with Gasteiger partial charge in [-0.2, -0.15) is 0 Å². The number of hydrazine groups is 1. The number of pyridine rings is 1. The van der Waals surface area contributed by atoms with E-state index in [9.17, 15) is 0 Å². The van der Waals surface area contributed by atoms with Gasteiger partial charge in [-0.25, -0.2) is 9.99 Å². The Morgan fingerprint density at radius 1 is 1.28 bits per heavy atom. The number of ether oxygens (including phenoxy) is 1. The van der Waals surface area contributed by atoms with Crippen molar-refractivity contribution in [2.45, 2.75) is 6.92 Å². The number of rotatable bonds is 4. The van der Waals surface area contributed by atoms with Gasteiger partial charge in [-0.15, -0.1) is 0 Å². The Kier molecular flexibility index (Phi) is 4.88. The molecule has 0 radical (unpaired) electrons. The maximum atomic E-state index is 6.13. The van der Waals surface area contributed by atoms with Crippen molar-refractivity contribution in [1.82, 2.24) is 9.99 Å². The lowest BCUT2D eigenvalue weighted by atomic mass is 10.4. The fraction of sp³-hybridized carbons (Fsp3) is 0.545. The second kappa shape index (κ2) is 6.43. The number of nitrogens with zero attached hydrogens (tertiary/aromatic N) is 2. The van der Waals surface area contributed by atoms with Crippen LogP contribution in [0.3, 0.4) is 0 Å². The number of nitrogens with one attached hydrogen (secondary N) is 2. The molecule has 0 saturated carbocycles. The van der Waals surface area contributed by atoms with Crippen LogP contribution in [-0.4, -0.2) is 42.8 Å². The first kappa shape index (κ1) is 13.7. The van der Waals surface area contributed by atoms with E-state index in [-0.39, 0.29) is 0 Å². The molecular formula is C11H16Cl2N4O. The summed E-state index contributed by atoms with van der Waals surface area (Å²) in [4.78, 5) is 4.39. The highest BCUT2D eigenvalue weighted by atomic mass is 35.5. The van der Waals surface area contributed by atoms with Crippen LogP contribution < -0.4 is 10.7 Å². The van der Waals surface area contributed by atoms with Crippen molar-refractivity contribution in [3.63, 3.8) is 0 Å². The molecule has 0 atom stereocenters. The Bertz CT molecular complexity index is 410. The smallest absolute Gasteiger partial charge is 0.161 e. The third kappa shape index (κ3) is 3.38. The molecule has 0 bridgehead atoms. The molecule has 1 saturated heterocycles. The summed E-state index contributed by atoms with van der Waals surface area (Å²) in [6.07, 6.45) is 0. The van der Waals surface area contributed by atoms with Gasteiger partial charge in [0.1, 0.15) is 5.82 Å². The van der Waals surface area contributed by atoms with Crippen molar-refractivity contribution in [2.24, 2.45) is 0 Å². The lowest BCUT2D eigenvalue weighted by Gasteiger charge is -2.28. The molecule has 0 aliphatic carbocycles. The van der Waals surface area contributed by atoms with Gasteiger partial charge < -0.3 is 15.5 Å². The van der Waals surface area contributed by atoms with Gasteiger partial charge in [-0.3, -0.25) is 0 Å². The highest BCUT2D eigenvalue weighted by Crippen LogP contribution is 2.29. The average Bonchev–Trinajstić information content (AvgIpc) is 2.37. The molecule has 7 heteroatoms. The zero-order chi connectivity index (χ0) is 13.0. The van der Waals surface area contributed by atoms with Gasteiger partial charge in [0, 0.05) is 19.6 Å². The van der Waals surface area contributed by atoms with E-state index in [2.05, 4.69) is 15.7 Å². The van der Waals surface area contributed by atoms with Gasteiger partial charge in [0.2, 0.25) is 0 Å². The summed E-state index contributed by atoms with van der Waals surface area (Å²) in [6, 6.07) is 1.69. The summed E-state index contributed by atoms with van der Waals surface area (Å²) < 4.78 is 5.28. The molecule has 1 aliphatic heterocycles. The van der Waals surface area contributed by atoms with Gasteiger partial charge in [0.25, 0.3) is 0 Å². The molecule has 18 heavy (non-hydrogen) atoms. The van der Waals surface area contributed by atoms with Crippen molar-refractivity contribution in [2.75, 3.05) is 43.6 Å². The Hall–Kier alpha value is -0.750. The molecule has 0 unspecified atom stereocenters. The van der Waals surface area contributed by atoms with Gasteiger partial charge in [0.15, 0.2) is 5.82 Å². The first-order valence-electron chi connectivity index (χ1n) is 5.90. The Labute approximate surface area is 116 Å². The minimum Gasteiger partial charge on any atom is -0.379 e. The molecule has 0 amide bonds. The molecule has 100 valence electrons. The van der Waals surface area contributed by atoms with Gasteiger partial charge in [0.05, 0.1) is 23.3 Å². The number of morpholine rings is 1. The first-order valence-corrected chi connectivity index (χ1v) is 6.65. The van der Waals surface area contributed by atoms with Gasteiger partial charge in [-0.05, 0) is 13.0 Å². The van der Waals surface area contributed by atoms with Gasteiger partial charge >= 0.3 is 0 Å². The molecule has 1 aromatic rings. The standard InChI is InChI=1S/C11H16Cl2N4O/c1-2-14-10-8(12)7-9(13)11(15-10)16-17-3-5-18-6-4-17/h7H,2-6H2,1H3,(H2,14,15,16). The predicted octanol–water partition coefficient (Wildman–Crippen LogP) is 2.48. The van der Waals surface area contributed by atoms with E-state index >= 15 is 0 Å². The summed E-state index contributed by atoms with van der Waals surface area (Å²) in [6.45, 7) is 5.76. The molecule has 0 spiro atoms. The predicted molar refractivity (Wildman–Crippen MR) is 74.4 cm³/mol. The summed E-state index contributed by atoms with van der Waals surface area (Å²) in [5.41, 5.74) is 3.19. The molecule has 2 rings (SSSR count). The van der Waals surface area contributed by atoms with Crippen LogP contribution in [0.2, 0.25) is 10.0 Å². The molecule has 1 fully saturated rings. The lowest BCUT2D eigenvalue weighted by Crippen LogP contribution is -2.40. The van der Waals surface area contributed by atoms with Crippen molar-refractivity contribution in [3.05, 3.63) is 16.1 Å². The lowest BCUT2D eigenvalue weighted by molar-refractivity contribution is 0.0495. The highest BCUT2D eigenvalue weighted by molar-refractivity contribution is 6.37. The molecule has 2 heterocycles. The average molecular weight is 291 g/mol. The second-order valence-electron chi connectivity index (χ2n) is 3.89. The summed E-state index contributed by atoms with van der Waals surface area (Å²) >= 11 is 12.2. The van der Waals surface area contributed by atoms with Crippen LogP contribution in [-0.2, 0) is 4.74 Å². The summed E-state index contributed by atoms with van der Waals surface area (Å²) in [7, 11) is 0. The molecule has 1 aliphatic rings. The normalized spacial score (nSPS) is 16.6.